The average Bonchev–Trinajstić information content (AvgIpc) is 2.43. The molecule has 0 aliphatic heterocycles. The molecule has 0 aliphatic rings. The van der Waals surface area contributed by atoms with E-state index in [-0.39, 0.29) is 34.0 Å². The van der Waals surface area contributed by atoms with Crippen molar-refractivity contribution in [3.63, 3.8) is 0 Å². The van der Waals surface area contributed by atoms with Crippen LogP contribution in [-0.2, 0) is 6.54 Å². The van der Waals surface area contributed by atoms with Crippen LogP contribution < -0.4 is 11.1 Å². The van der Waals surface area contributed by atoms with Crippen LogP contribution in [0.15, 0.2) is 36.4 Å². The minimum atomic E-state index is -0.335. The number of nitrogen functional groups attached to an aromatic ring is 1. The minimum Gasteiger partial charge on any atom is -0.396 e. The summed E-state index contributed by atoms with van der Waals surface area (Å²) in [5.74, 6) is -0.657. The first-order valence-electron chi connectivity index (χ1n) is 5.74. The number of halogens is 3. The molecule has 20 heavy (non-hydrogen) atoms. The fraction of sp³-hybridized carbons (Fsp3) is 0.0714. The van der Waals surface area contributed by atoms with Crippen molar-refractivity contribution in [1.29, 1.82) is 0 Å². The van der Waals surface area contributed by atoms with Crippen LogP contribution >= 0.6 is 23.2 Å². The number of amides is 1. The highest BCUT2D eigenvalue weighted by molar-refractivity contribution is 6.39. The van der Waals surface area contributed by atoms with Gasteiger partial charge in [-0.25, -0.2) is 4.39 Å². The number of hydrogen-bond acceptors (Lipinski definition) is 2. The van der Waals surface area contributed by atoms with Gasteiger partial charge in [-0.1, -0.05) is 35.3 Å². The Morgan fingerprint density at radius 3 is 2.25 bits per heavy atom. The summed E-state index contributed by atoms with van der Waals surface area (Å²) < 4.78 is 12.7. The van der Waals surface area contributed by atoms with Gasteiger partial charge in [0.05, 0.1) is 15.7 Å². The number of nitrogens with one attached hydrogen (secondary N) is 1. The van der Waals surface area contributed by atoms with E-state index in [0.717, 1.165) is 5.56 Å². The van der Waals surface area contributed by atoms with Crippen LogP contribution in [0.5, 0.6) is 0 Å². The van der Waals surface area contributed by atoms with Crippen molar-refractivity contribution in [3.8, 4) is 0 Å². The van der Waals surface area contributed by atoms with Gasteiger partial charge in [0, 0.05) is 12.1 Å². The number of benzene rings is 2. The second kappa shape index (κ2) is 6.11. The van der Waals surface area contributed by atoms with Crippen LogP contribution in [0.4, 0.5) is 10.1 Å². The Kier molecular flexibility index (Phi) is 4.47. The van der Waals surface area contributed by atoms with E-state index in [9.17, 15) is 9.18 Å². The van der Waals surface area contributed by atoms with Crippen LogP contribution in [-0.4, -0.2) is 5.91 Å². The zero-order chi connectivity index (χ0) is 14.7. The van der Waals surface area contributed by atoms with Crippen LogP contribution in [0.3, 0.4) is 0 Å². The zero-order valence-corrected chi connectivity index (χ0v) is 11.8. The van der Waals surface area contributed by atoms with E-state index in [1.807, 2.05) is 0 Å². The predicted molar refractivity (Wildman–Crippen MR) is 78.4 cm³/mol. The maximum Gasteiger partial charge on any atom is 0.251 e. The molecule has 0 heterocycles. The summed E-state index contributed by atoms with van der Waals surface area (Å²) in [6.45, 7) is 0.277. The monoisotopic (exact) mass is 312 g/mol. The molecule has 104 valence electrons. The lowest BCUT2D eigenvalue weighted by molar-refractivity contribution is 0.0951. The summed E-state index contributed by atoms with van der Waals surface area (Å²) in [5, 5.41) is 3.14. The highest BCUT2D eigenvalue weighted by atomic mass is 35.5. The first-order valence-corrected chi connectivity index (χ1v) is 6.50. The first-order chi connectivity index (χ1) is 9.47. The lowest BCUT2D eigenvalue weighted by Gasteiger charge is -2.08. The maximum absolute atomic E-state index is 12.7. The zero-order valence-electron chi connectivity index (χ0n) is 10.3. The van der Waals surface area contributed by atoms with Gasteiger partial charge >= 0.3 is 0 Å². The van der Waals surface area contributed by atoms with Crippen LogP contribution in [0.1, 0.15) is 15.9 Å². The van der Waals surface area contributed by atoms with E-state index < -0.39 is 0 Å². The van der Waals surface area contributed by atoms with Gasteiger partial charge in [-0.3, -0.25) is 4.79 Å². The Hall–Kier alpha value is -1.78. The number of anilines is 1. The second-order valence-electron chi connectivity index (χ2n) is 4.16. The molecule has 6 heteroatoms. The van der Waals surface area contributed by atoms with E-state index in [4.69, 9.17) is 28.9 Å². The van der Waals surface area contributed by atoms with Gasteiger partial charge in [0.15, 0.2) is 0 Å². The molecular weight excluding hydrogens is 302 g/mol. The SMILES string of the molecule is Nc1c(Cl)cc(C(=O)NCc2ccc(F)cc2)cc1Cl. The molecule has 2 aromatic carbocycles. The largest absolute Gasteiger partial charge is 0.396 e. The molecule has 1 amide bonds. The van der Waals surface area contributed by atoms with E-state index in [2.05, 4.69) is 5.32 Å². The molecule has 3 nitrogen and oxygen atoms in total. The molecule has 0 aliphatic carbocycles. The number of rotatable bonds is 3. The average molecular weight is 313 g/mol. The summed E-state index contributed by atoms with van der Waals surface area (Å²) >= 11 is 11.7. The Bertz CT molecular complexity index is 621. The van der Waals surface area contributed by atoms with Crippen molar-refractivity contribution in [3.05, 3.63) is 63.4 Å². The first kappa shape index (κ1) is 14.6. The fourth-order valence-corrected chi connectivity index (χ4v) is 2.09. The van der Waals surface area contributed by atoms with Gasteiger partial charge in [0.1, 0.15) is 5.82 Å². The molecule has 0 bridgehead atoms. The molecule has 0 saturated heterocycles. The minimum absolute atomic E-state index is 0.226. The molecule has 0 radical (unpaired) electrons. The van der Waals surface area contributed by atoms with Gasteiger partial charge in [-0.2, -0.15) is 0 Å². The molecule has 0 atom stereocenters. The van der Waals surface area contributed by atoms with E-state index in [1.54, 1.807) is 12.1 Å². The quantitative estimate of drug-likeness (QED) is 0.850. The van der Waals surface area contributed by atoms with E-state index >= 15 is 0 Å². The third-order valence-electron chi connectivity index (χ3n) is 2.71. The number of nitrogens with two attached hydrogens (primary N) is 1. The van der Waals surface area contributed by atoms with Gasteiger partial charge in [0.2, 0.25) is 0 Å². The fourth-order valence-electron chi connectivity index (χ4n) is 1.60. The topological polar surface area (TPSA) is 55.1 Å². The molecule has 0 aromatic heterocycles. The van der Waals surface area contributed by atoms with Gasteiger partial charge in [-0.05, 0) is 29.8 Å². The number of hydrogen-bond donors (Lipinski definition) is 2. The van der Waals surface area contributed by atoms with Crippen LogP contribution in [0.25, 0.3) is 0 Å². The summed E-state index contributed by atoms with van der Waals surface area (Å²) in [7, 11) is 0. The Morgan fingerprint density at radius 1 is 1.15 bits per heavy atom. The molecular formula is C14H11Cl2FN2O. The van der Waals surface area contributed by atoms with Crippen molar-refractivity contribution in [1.82, 2.24) is 5.32 Å². The van der Waals surface area contributed by atoms with E-state index in [1.165, 1.54) is 24.3 Å². The molecule has 0 unspecified atom stereocenters. The van der Waals surface area contributed by atoms with Crippen molar-refractivity contribution in [2.24, 2.45) is 0 Å². The maximum atomic E-state index is 12.7. The van der Waals surface area contributed by atoms with Gasteiger partial charge in [0.25, 0.3) is 5.91 Å². The summed E-state index contributed by atoms with van der Waals surface area (Å²) in [6.07, 6.45) is 0. The molecule has 0 fully saturated rings. The third-order valence-corrected chi connectivity index (χ3v) is 3.33. The standard InChI is InChI=1S/C14H11Cl2FN2O/c15-11-5-9(6-12(16)13(11)18)14(20)19-7-8-1-3-10(17)4-2-8/h1-6H,7,18H2,(H,19,20). The Labute approximate surface area is 125 Å². The second-order valence-corrected chi connectivity index (χ2v) is 4.98. The lowest BCUT2D eigenvalue weighted by atomic mass is 10.1. The smallest absolute Gasteiger partial charge is 0.251 e. The molecule has 3 N–H and O–H groups in total. The highest BCUT2D eigenvalue weighted by Crippen LogP contribution is 2.28. The normalized spacial score (nSPS) is 10.3. The number of carbonyl (C=O) groups excluding carboxylic acids is 1. The van der Waals surface area contributed by atoms with Gasteiger partial charge in [-0.15, -0.1) is 0 Å². The summed E-state index contributed by atoms with van der Waals surface area (Å²) in [6, 6.07) is 8.75. The van der Waals surface area contributed by atoms with Crippen molar-refractivity contribution >= 4 is 34.8 Å². The summed E-state index contributed by atoms with van der Waals surface area (Å²) in [4.78, 5) is 12.0. The molecule has 0 saturated carbocycles. The predicted octanol–water partition coefficient (Wildman–Crippen LogP) is 3.64. The van der Waals surface area contributed by atoms with Gasteiger partial charge < -0.3 is 11.1 Å². The highest BCUT2D eigenvalue weighted by Gasteiger charge is 2.11. The van der Waals surface area contributed by atoms with Crippen LogP contribution in [0.2, 0.25) is 10.0 Å². The molecule has 2 rings (SSSR count). The number of carbonyl (C=O) groups is 1. The van der Waals surface area contributed by atoms with Crippen molar-refractivity contribution in [2.75, 3.05) is 5.73 Å². The van der Waals surface area contributed by atoms with Crippen LogP contribution in [0, 0.1) is 5.82 Å². The third kappa shape index (κ3) is 3.40. The van der Waals surface area contributed by atoms with Crippen molar-refractivity contribution in [2.45, 2.75) is 6.54 Å². The summed E-state index contributed by atoms with van der Waals surface area (Å²) in [5.41, 5.74) is 6.94. The Balaban J connectivity index is 2.07. The Morgan fingerprint density at radius 2 is 1.70 bits per heavy atom. The van der Waals surface area contributed by atoms with E-state index in [0.29, 0.717) is 5.56 Å². The molecule has 2 aromatic rings. The molecule has 0 spiro atoms. The lowest BCUT2D eigenvalue weighted by Crippen LogP contribution is -2.22. The van der Waals surface area contributed by atoms with Crippen molar-refractivity contribution < 1.29 is 9.18 Å².